The summed E-state index contributed by atoms with van der Waals surface area (Å²) in [5.41, 5.74) is 0.349. The number of hydrogen-bond donors (Lipinski definition) is 1. The van der Waals surface area contributed by atoms with Gasteiger partial charge in [-0.1, -0.05) is 26.0 Å². The van der Waals surface area contributed by atoms with Crippen molar-refractivity contribution in [2.24, 2.45) is 5.92 Å². The monoisotopic (exact) mass is 357 g/mol. The highest BCUT2D eigenvalue weighted by Crippen LogP contribution is 2.43. The molecular weight excluding hydrogens is 330 g/mol. The third-order valence-electron chi connectivity index (χ3n) is 5.33. The highest BCUT2D eigenvalue weighted by molar-refractivity contribution is 6.11. The number of carbonyl (C=O) groups is 3. The van der Waals surface area contributed by atoms with E-state index < -0.39 is 5.66 Å². The molecule has 6 heteroatoms. The molecule has 2 heterocycles. The molecule has 140 valence electrons. The summed E-state index contributed by atoms with van der Waals surface area (Å²) in [6.45, 7) is 6.75. The number of hydrogen-bond acceptors (Lipinski definition) is 3. The smallest absolute Gasteiger partial charge is 0.258 e. The van der Waals surface area contributed by atoms with Gasteiger partial charge in [-0.3, -0.25) is 19.3 Å². The molecule has 1 atom stereocenters. The van der Waals surface area contributed by atoms with Gasteiger partial charge < -0.3 is 10.2 Å². The fourth-order valence-corrected chi connectivity index (χ4v) is 3.88. The van der Waals surface area contributed by atoms with Gasteiger partial charge in [-0.05, 0) is 44.2 Å². The van der Waals surface area contributed by atoms with E-state index >= 15 is 0 Å². The topological polar surface area (TPSA) is 69.7 Å². The van der Waals surface area contributed by atoms with E-state index in [1.54, 1.807) is 28.0 Å². The molecule has 1 fully saturated rings. The molecule has 0 aromatic heterocycles. The second kappa shape index (κ2) is 7.09. The number of benzene rings is 1. The molecular formula is C20H27N3O3. The lowest BCUT2D eigenvalue weighted by Gasteiger charge is -2.48. The number of carbonyl (C=O) groups excluding carboxylic acids is 3. The number of rotatable bonds is 6. The van der Waals surface area contributed by atoms with Gasteiger partial charge in [0.2, 0.25) is 11.8 Å². The average molecular weight is 357 g/mol. The van der Waals surface area contributed by atoms with Crippen LogP contribution in [-0.2, 0) is 9.59 Å². The molecule has 1 aromatic carbocycles. The Morgan fingerprint density at radius 2 is 2.00 bits per heavy atom. The zero-order chi connectivity index (χ0) is 18.9. The Balaban J connectivity index is 1.78. The molecule has 0 unspecified atom stereocenters. The minimum absolute atomic E-state index is 0.00482. The first-order valence-electron chi connectivity index (χ1n) is 9.35. The Morgan fingerprint density at radius 3 is 2.73 bits per heavy atom. The van der Waals surface area contributed by atoms with Gasteiger partial charge in [0.15, 0.2) is 0 Å². The molecule has 3 amide bonds. The quantitative estimate of drug-likeness (QED) is 0.796. The van der Waals surface area contributed by atoms with E-state index in [0.29, 0.717) is 36.6 Å². The van der Waals surface area contributed by atoms with Crippen molar-refractivity contribution in [3.05, 3.63) is 29.8 Å². The van der Waals surface area contributed by atoms with Gasteiger partial charge in [0.1, 0.15) is 12.2 Å². The van der Waals surface area contributed by atoms with Crippen molar-refractivity contribution in [1.29, 1.82) is 0 Å². The number of nitrogens with one attached hydrogen (secondary N) is 1. The lowest BCUT2D eigenvalue weighted by Crippen LogP contribution is -2.63. The zero-order valence-corrected chi connectivity index (χ0v) is 15.7. The van der Waals surface area contributed by atoms with Crippen molar-refractivity contribution in [3.63, 3.8) is 0 Å². The molecule has 0 spiro atoms. The summed E-state index contributed by atoms with van der Waals surface area (Å²) >= 11 is 0. The van der Waals surface area contributed by atoms with Crippen LogP contribution in [0.15, 0.2) is 24.3 Å². The molecule has 2 aliphatic heterocycles. The molecule has 1 saturated heterocycles. The van der Waals surface area contributed by atoms with Crippen LogP contribution in [0.2, 0.25) is 0 Å². The standard InChI is InChI=1S/C20H27N3O3/c1-14(2)7-6-12-21-17(24)13-22-19(26)15-8-4-5-9-16(15)23-18(25)10-11-20(22,23)3/h4-5,8-9,14H,6-7,10-13H2,1-3H3,(H,21,24)/t20-/m0/s1. The van der Waals surface area contributed by atoms with Crippen LogP contribution in [0.3, 0.4) is 0 Å². The van der Waals surface area contributed by atoms with Crippen molar-refractivity contribution in [3.8, 4) is 0 Å². The predicted octanol–water partition coefficient (Wildman–Crippen LogP) is 2.54. The number of nitrogens with zero attached hydrogens (tertiary/aromatic N) is 2. The molecule has 6 nitrogen and oxygen atoms in total. The van der Waals surface area contributed by atoms with E-state index in [9.17, 15) is 14.4 Å². The van der Waals surface area contributed by atoms with Crippen molar-refractivity contribution in [2.45, 2.75) is 52.1 Å². The Kier molecular flexibility index (Phi) is 5.03. The fourth-order valence-electron chi connectivity index (χ4n) is 3.88. The van der Waals surface area contributed by atoms with Gasteiger partial charge in [-0.15, -0.1) is 0 Å². The minimum Gasteiger partial charge on any atom is -0.355 e. The second-order valence-corrected chi connectivity index (χ2v) is 7.74. The summed E-state index contributed by atoms with van der Waals surface area (Å²) in [5.74, 6) is 0.229. The summed E-state index contributed by atoms with van der Waals surface area (Å²) in [4.78, 5) is 41.2. The van der Waals surface area contributed by atoms with Crippen LogP contribution < -0.4 is 10.2 Å². The van der Waals surface area contributed by atoms with Crippen LogP contribution in [0.4, 0.5) is 5.69 Å². The predicted molar refractivity (Wildman–Crippen MR) is 99.7 cm³/mol. The highest BCUT2D eigenvalue weighted by atomic mass is 16.2. The van der Waals surface area contributed by atoms with E-state index in [-0.39, 0.29) is 24.3 Å². The molecule has 3 rings (SSSR count). The Labute approximate surface area is 154 Å². The first kappa shape index (κ1) is 18.4. The molecule has 0 bridgehead atoms. The number of anilines is 1. The van der Waals surface area contributed by atoms with Crippen molar-refractivity contribution < 1.29 is 14.4 Å². The summed E-state index contributed by atoms with van der Waals surface area (Å²) in [5, 5.41) is 2.90. The molecule has 26 heavy (non-hydrogen) atoms. The van der Waals surface area contributed by atoms with E-state index in [1.807, 2.05) is 13.0 Å². The third kappa shape index (κ3) is 3.20. The molecule has 1 aromatic rings. The van der Waals surface area contributed by atoms with Crippen molar-refractivity contribution >= 4 is 23.4 Å². The molecule has 1 N–H and O–H groups in total. The van der Waals surface area contributed by atoms with Crippen LogP contribution in [-0.4, -0.2) is 41.4 Å². The van der Waals surface area contributed by atoms with E-state index in [1.165, 1.54) is 0 Å². The summed E-state index contributed by atoms with van der Waals surface area (Å²) < 4.78 is 0. The van der Waals surface area contributed by atoms with Gasteiger partial charge >= 0.3 is 0 Å². The number of para-hydroxylation sites is 1. The van der Waals surface area contributed by atoms with Gasteiger partial charge in [-0.2, -0.15) is 0 Å². The van der Waals surface area contributed by atoms with Gasteiger partial charge in [0.05, 0.1) is 11.3 Å². The maximum atomic E-state index is 13.0. The lowest BCUT2D eigenvalue weighted by atomic mass is 9.98. The molecule has 0 saturated carbocycles. The first-order chi connectivity index (χ1) is 12.3. The largest absolute Gasteiger partial charge is 0.355 e. The molecule has 0 aliphatic carbocycles. The molecule has 0 radical (unpaired) electrons. The van der Waals surface area contributed by atoms with E-state index in [0.717, 1.165) is 12.8 Å². The van der Waals surface area contributed by atoms with E-state index in [4.69, 9.17) is 0 Å². The third-order valence-corrected chi connectivity index (χ3v) is 5.33. The lowest BCUT2D eigenvalue weighted by molar-refractivity contribution is -0.124. The minimum atomic E-state index is -0.780. The SMILES string of the molecule is CC(C)CCCNC(=O)CN1C(=O)c2ccccc2N2C(=O)CC[C@@]12C. The number of fused-ring (bicyclic) bond motifs is 3. The van der Waals surface area contributed by atoms with Crippen LogP contribution in [0.25, 0.3) is 0 Å². The fraction of sp³-hybridized carbons (Fsp3) is 0.550. The number of amides is 3. The van der Waals surface area contributed by atoms with Crippen LogP contribution in [0.1, 0.15) is 56.8 Å². The molecule has 2 aliphatic rings. The summed E-state index contributed by atoms with van der Waals surface area (Å²) in [6.07, 6.45) is 2.88. The van der Waals surface area contributed by atoms with Gasteiger partial charge in [0, 0.05) is 13.0 Å². The Bertz CT molecular complexity index is 731. The maximum absolute atomic E-state index is 13.0. The summed E-state index contributed by atoms with van der Waals surface area (Å²) in [6, 6.07) is 7.13. The first-order valence-corrected chi connectivity index (χ1v) is 9.35. The van der Waals surface area contributed by atoms with Gasteiger partial charge in [0.25, 0.3) is 5.91 Å². The van der Waals surface area contributed by atoms with Gasteiger partial charge in [-0.25, -0.2) is 0 Å². The normalized spacial score (nSPS) is 21.8. The maximum Gasteiger partial charge on any atom is 0.258 e. The zero-order valence-electron chi connectivity index (χ0n) is 15.7. The second-order valence-electron chi connectivity index (χ2n) is 7.74. The Morgan fingerprint density at radius 1 is 1.27 bits per heavy atom. The average Bonchev–Trinajstić information content (AvgIpc) is 2.91. The summed E-state index contributed by atoms with van der Waals surface area (Å²) in [7, 11) is 0. The highest BCUT2D eigenvalue weighted by Gasteiger charge is 2.53. The Hall–Kier alpha value is -2.37. The van der Waals surface area contributed by atoms with Crippen LogP contribution in [0.5, 0.6) is 0 Å². The van der Waals surface area contributed by atoms with Crippen molar-refractivity contribution in [2.75, 3.05) is 18.0 Å². The van der Waals surface area contributed by atoms with Crippen LogP contribution in [0, 0.1) is 5.92 Å². The van der Waals surface area contributed by atoms with Crippen LogP contribution >= 0.6 is 0 Å². The van der Waals surface area contributed by atoms with Crippen molar-refractivity contribution in [1.82, 2.24) is 10.2 Å². The van der Waals surface area contributed by atoms with E-state index in [2.05, 4.69) is 19.2 Å².